The number of phenols is 2. The van der Waals surface area contributed by atoms with Gasteiger partial charge >= 0.3 is 0 Å². The molecule has 0 bridgehead atoms. The lowest BCUT2D eigenvalue weighted by molar-refractivity contribution is 0.0302. The van der Waals surface area contributed by atoms with Crippen molar-refractivity contribution in [1.82, 2.24) is 5.32 Å². The van der Waals surface area contributed by atoms with E-state index in [4.69, 9.17) is 0 Å². The molecule has 4 heteroatoms. The number of rotatable bonds is 6. The van der Waals surface area contributed by atoms with E-state index in [9.17, 15) is 15.3 Å². The van der Waals surface area contributed by atoms with Crippen molar-refractivity contribution >= 4 is 0 Å². The van der Waals surface area contributed by atoms with E-state index in [-0.39, 0.29) is 17.5 Å². The predicted molar refractivity (Wildman–Crippen MR) is 71.7 cm³/mol. The molecule has 0 aliphatic carbocycles. The molecule has 1 aromatic carbocycles. The highest BCUT2D eigenvalue weighted by atomic mass is 16.3. The topological polar surface area (TPSA) is 72.7 Å². The van der Waals surface area contributed by atoms with Crippen LogP contribution in [0.4, 0.5) is 0 Å². The summed E-state index contributed by atoms with van der Waals surface area (Å²) >= 11 is 0. The summed E-state index contributed by atoms with van der Waals surface area (Å²) in [6.07, 6.45) is 1.37. The molecule has 1 atom stereocenters. The summed E-state index contributed by atoms with van der Waals surface area (Å²) in [6, 6.07) is 4.45. The van der Waals surface area contributed by atoms with Crippen molar-refractivity contribution in [1.29, 1.82) is 0 Å². The van der Waals surface area contributed by atoms with Crippen molar-refractivity contribution in [2.75, 3.05) is 6.54 Å². The minimum absolute atomic E-state index is 0.0436. The molecule has 0 fully saturated rings. The number of nitrogens with one attached hydrogen (secondary N) is 1. The molecule has 0 amide bonds. The van der Waals surface area contributed by atoms with Gasteiger partial charge in [-0.15, -0.1) is 0 Å². The first-order valence-corrected chi connectivity index (χ1v) is 6.39. The summed E-state index contributed by atoms with van der Waals surface area (Å²) in [7, 11) is 0. The normalized spacial score (nSPS) is 13.6. The summed E-state index contributed by atoms with van der Waals surface area (Å²) < 4.78 is 0. The quantitative estimate of drug-likeness (QED) is 0.627. The van der Waals surface area contributed by atoms with Gasteiger partial charge in [-0.3, -0.25) is 0 Å². The third-order valence-electron chi connectivity index (χ3n) is 3.53. The Morgan fingerprint density at radius 1 is 1.22 bits per heavy atom. The van der Waals surface area contributed by atoms with Crippen LogP contribution in [-0.2, 0) is 0 Å². The molecule has 1 aromatic rings. The van der Waals surface area contributed by atoms with Crippen LogP contribution in [-0.4, -0.2) is 27.5 Å². The second kappa shape index (κ2) is 6.07. The first kappa shape index (κ1) is 14.8. The Morgan fingerprint density at radius 3 is 2.33 bits per heavy atom. The van der Waals surface area contributed by atoms with E-state index < -0.39 is 5.60 Å². The summed E-state index contributed by atoms with van der Waals surface area (Å²) in [4.78, 5) is 0. The van der Waals surface area contributed by atoms with Gasteiger partial charge in [0.2, 0.25) is 0 Å². The van der Waals surface area contributed by atoms with E-state index in [0.29, 0.717) is 24.9 Å². The Hall–Kier alpha value is -1.26. The maximum absolute atomic E-state index is 10.2. The molecular formula is C14H23NO3. The number of aromatic hydroxyl groups is 2. The lowest BCUT2D eigenvalue weighted by Crippen LogP contribution is -2.40. The second-order valence-corrected chi connectivity index (χ2v) is 4.78. The first-order chi connectivity index (χ1) is 8.41. The lowest BCUT2D eigenvalue weighted by Gasteiger charge is -2.28. The minimum Gasteiger partial charge on any atom is -0.508 e. The Bertz CT molecular complexity index is 389. The van der Waals surface area contributed by atoms with Crippen LogP contribution in [0, 0.1) is 0 Å². The average Bonchev–Trinajstić information content (AvgIpc) is 2.35. The molecule has 102 valence electrons. The zero-order valence-electron chi connectivity index (χ0n) is 11.3. The summed E-state index contributed by atoms with van der Waals surface area (Å²) in [6.45, 7) is 6.29. The van der Waals surface area contributed by atoms with Crippen molar-refractivity contribution in [2.24, 2.45) is 0 Å². The van der Waals surface area contributed by atoms with Gasteiger partial charge in [0.15, 0.2) is 0 Å². The van der Waals surface area contributed by atoms with Crippen molar-refractivity contribution in [3.63, 3.8) is 0 Å². The first-order valence-electron chi connectivity index (χ1n) is 6.39. The molecule has 0 aromatic heterocycles. The van der Waals surface area contributed by atoms with Crippen molar-refractivity contribution < 1.29 is 15.3 Å². The van der Waals surface area contributed by atoms with Crippen LogP contribution < -0.4 is 5.32 Å². The van der Waals surface area contributed by atoms with Crippen LogP contribution in [0.5, 0.6) is 11.5 Å². The highest BCUT2D eigenvalue weighted by Crippen LogP contribution is 2.28. The molecule has 0 radical (unpaired) electrons. The number of benzene rings is 1. The fourth-order valence-electron chi connectivity index (χ4n) is 1.85. The molecule has 0 saturated heterocycles. The van der Waals surface area contributed by atoms with Crippen LogP contribution in [0.1, 0.15) is 45.2 Å². The Morgan fingerprint density at radius 2 is 1.83 bits per heavy atom. The van der Waals surface area contributed by atoms with E-state index in [1.165, 1.54) is 6.07 Å². The third-order valence-corrected chi connectivity index (χ3v) is 3.53. The van der Waals surface area contributed by atoms with Crippen molar-refractivity contribution in [2.45, 2.75) is 45.3 Å². The largest absolute Gasteiger partial charge is 0.508 e. The molecule has 0 aliphatic heterocycles. The number of aliphatic hydroxyl groups is 1. The maximum Gasteiger partial charge on any atom is 0.124 e. The lowest BCUT2D eigenvalue weighted by atomic mass is 9.96. The van der Waals surface area contributed by atoms with Crippen molar-refractivity contribution in [3.8, 4) is 11.5 Å². The van der Waals surface area contributed by atoms with Gasteiger partial charge in [-0.05, 0) is 25.8 Å². The van der Waals surface area contributed by atoms with E-state index in [2.05, 4.69) is 5.32 Å². The highest BCUT2D eigenvalue weighted by molar-refractivity contribution is 5.40. The van der Waals surface area contributed by atoms with E-state index in [0.717, 1.165) is 0 Å². The summed E-state index contributed by atoms with van der Waals surface area (Å²) in [5.41, 5.74) is 0.00297. The molecule has 4 N–H and O–H groups in total. The van der Waals surface area contributed by atoms with Gasteiger partial charge < -0.3 is 20.6 Å². The van der Waals surface area contributed by atoms with Crippen LogP contribution in [0.25, 0.3) is 0 Å². The van der Waals surface area contributed by atoms with Gasteiger partial charge in [0.05, 0.1) is 5.60 Å². The average molecular weight is 253 g/mol. The molecular weight excluding hydrogens is 230 g/mol. The molecule has 4 nitrogen and oxygen atoms in total. The smallest absolute Gasteiger partial charge is 0.124 e. The van der Waals surface area contributed by atoms with Gasteiger partial charge in [0, 0.05) is 24.2 Å². The fourth-order valence-corrected chi connectivity index (χ4v) is 1.85. The van der Waals surface area contributed by atoms with Crippen molar-refractivity contribution in [3.05, 3.63) is 23.8 Å². The number of hydrogen-bond acceptors (Lipinski definition) is 4. The Labute approximate surface area is 108 Å². The van der Waals surface area contributed by atoms with Gasteiger partial charge in [-0.1, -0.05) is 19.9 Å². The van der Waals surface area contributed by atoms with Crippen LogP contribution >= 0.6 is 0 Å². The molecule has 18 heavy (non-hydrogen) atoms. The fraction of sp³-hybridized carbons (Fsp3) is 0.571. The van der Waals surface area contributed by atoms with E-state index in [1.54, 1.807) is 12.1 Å². The van der Waals surface area contributed by atoms with Crippen LogP contribution in [0.3, 0.4) is 0 Å². The highest BCUT2D eigenvalue weighted by Gasteiger charge is 2.23. The number of hydrogen-bond donors (Lipinski definition) is 4. The van der Waals surface area contributed by atoms with Gasteiger partial charge in [0.25, 0.3) is 0 Å². The van der Waals surface area contributed by atoms with Gasteiger partial charge in [-0.25, -0.2) is 0 Å². The monoisotopic (exact) mass is 253 g/mol. The van der Waals surface area contributed by atoms with Gasteiger partial charge in [-0.2, -0.15) is 0 Å². The predicted octanol–water partition coefficient (Wildman–Crippen LogP) is 2.30. The molecule has 1 unspecified atom stereocenters. The number of phenolic OH excluding ortho intramolecular Hbond substituents is 2. The SMILES string of the molecule is CCC(O)(CC)CNC(C)c1ccc(O)cc1O. The summed E-state index contributed by atoms with van der Waals surface area (Å²) in [5, 5.41) is 32.4. The van der Waals surface area contributed by atoms with E-state index >= 15 is 0 Å². The van der Waals surface area contributed by atoms with Crippen LogP contribution in [0.15, 0.2) is 18.2 Å². The molecule has 0 aliphatic rings. The molecule has 0 saturated carbocycles. The van der Waals surface area contributed by atoms with Gasteiger partial charge in [0.1, 0.15) is 11.5 Å². The zero-order chi connectivity index (χ0) is 13.8. The minimum atomic E-state index is -0.708. The Kier molecular flexibility index (Phi) is 4.99. The molecule has 1 rings (SSSR count). The zero-order valence-corrected chi connectivity index (χ0v) is 11.3. The molecule has 0 heterocycles. The third kappa shape index (κ3) is 3.62. The van der Waals surface area contributed by atoms with E-state index in [1.807, 2.05) is 20.8 Å². The van der Waals surface area contributed by atoms with Crippen LogP contribution in [0.2, 0.25) is 0 Å². The second-order valence-electron chi connectivity index (χ2n) is 4.78. The molecule has 0 spiro atoms. The summed E-state index contributed by atoms with van der Waals surface area (Å²) in [5.74, 6) is 0.105. The maximum atomic E-state index is 10.2. The standard InChI is InChI=1S/C14H23NO3/c1-4-14(18,5-2)9-15-10(3)12-7-6-11(16)8-13(12)17/h6-8,10,15-18H,4-5,9H2,1-3H3. The Balaban J connectivity index is 2.68.